The molecular weight excluding hydrogens is 307 g/mol. The van der Waals surface area contributed by atoms with Crippen molar-refractivity contribution in [3.05, 3.63) is 75.3 Å². The molecule has 0 aliphatic rings. The SMILES string of the molecule is O=C(Nc1cccc(Cl)c1F)c1cc(=O)[nH]c2ccccc12. The highest BCUT2D eigenvalue weighted by molar-refractivity contribution is 6.31. The van der Waals surface area contributed by atoms with E-state index in [9.17, 15) is 14.0 Å². The highest BCUT2D eigenvalue weighted by Gasteiger charge is 2.14. The average Bonchev–Trinajstić information content (AvgIpc) is 2.51. The van der Waals surface area contributed by atoms with Crippen molar-refractivity contribution in [2.24, 2.45) is 0 Å². The number of nitrogens with one attached hydrogen (secondary N) is 2. The number of H-pyrrole nitrogens is 1. The molecule has 1 heterocycles. The van der Waals surface area contributed by atoms with Gasteiger partial charge in [0.05, 0.1) is 16.3 Å². The van der Waals surface area contributed by atoms with E-state index in [1.165, 1.54) is 24.3 Å². The summed E-state index contributed by atoms with van der Waals surface area (Å²) in [7, 11) is 0. The number of anilines is 1. The Kier molecular flexibility index (Phi) is 3.65. The highest BCUT2D eigenvalue weighted by atomic mass is 35.5. The Bertz CT molecular complexity index is 937. The van der Waals surface area contributed by atoms with E-state index in [-0.39, 0.29) is 16.3 Å². The number of fused-ring (bicyclic) bond motifs is 1. The summed E-state index contributed by atoms with van der Waals surface area (Å²) in [5, 5.41) is 2.92. The van der Waals surface area contributed by atoms with Gasteiger partial charge in [-0.05, 0) is 18.2 Å². The van der Waals surface area contributed by atoms with Gasteiger partial charge in [-0.2, -0.15) is 0 Å². The van der Waals surface area contributed by atoms with E-state index in [0.717, 1.165) is 0 Å². The molecule has 0 atom stereocenters. The van der Waals surface area contributed by atoms with Gasteiger partial charge in [-0.3, -0.25) is 9.59 Å². The van der Waals surface area contributed by atoms with E-state index in [2.05, 4.69) is 10.3 Å². The molecule has 0 bridgehead atoms. The highest BCUT2D eigenvalue weighted by Crippen LogP contribution is 2.23. The molecule has 0 saturated heterocycles. The van der Waals surface area contributed by atoms with Crippen LogP contribution in [0.15, 0.2) is 53.3 Å². The summed E-state index contributed by atoms with van der Waals surface area (Å²) in [6.45, 7) is 0. The third-order valence-corrected chi connectivity index (χ3v) is 3.49. The van der Waals surface area contributed by atoms with E-state index < -0.39 is 17.3 Å². The van der Waals surface area contributed by atoms with Gasteiger partial charge >= 0.3 is 0 Å². The third-order valence-electron chi connectivity index (χ3n) is 3.19. The number of pyridine rings is 1. The van der Waals surface area contributed by atoms with E-state index in [1.54, 1.807) is 24.3 Å². The summed E-state index contributed by atoms with van der Waals surface area (Å²) in [6.07, 6.45) is 0. The Morgan fingerprint density at radius 2 is 1.91 bits per heavy atom. The minimum Gasteiger partial charge on any atom is -0.322 e. The number of aromatic nitrogens is 1. The molecule has 2 aromatic carbocycles. The van der Waals surface area contributed by atoms with Crippen molar-refractivity contribution in [1.82, 2.24) is 4.98 Å². The molecule has 0 fully saturated rings. The molecule has 0 radical (unpaired) electrons. The number of carbonyl (C=O) groups excluding carboxylic acids is 1. The second-order valence-electron chi connectivity index (χ2n) is 4.65. The van der Waals surface area contributed by atoms with Gasteiger partial charge in [0.25, 0.3) is 5.91 Å². The number of hydrogen-bond donors (Lipinski definition) is 2. The maximum absolute atomic E-state index is 13.9. The summed E-state index contributed by atoms with van der Waals surface area (Å²) in [4.78, 5) is 26.7. The summed E-state index contributed by atoms with van der Waals surface area (Å²) < 4.78 is 13.9. The number of rotatable bonds is 2. The van der Waals surface area contributed by atoms with Crippen LogP contribution in [0.2, 0.25) is 5.02 Å². The lowest BCUT2D eigenvalue weighted by atomic mass is 10.1. The molecule has 110 valence electrons. The number of hydrogen-bond acceptors (Lipinski definition) is 2. The molecule has 0 spiro atoms. The lowest BCUT2D eigenvalue weighted by molar-refractivity contribution is 0.102. The molecule has 3 aromatic rings. The zero-order valence-corrected chi connectivity index (χ0v) is 11.9. The van der Waals surface area contributed by atoms with Crippen LogP contribution >= 0.6 is 11.6 Å². The van der Waals surface area contributed by atoms with E-state index in [0.29, 0.717) is 10.9 Å². The van der Waals surface area contributed by atoms with Crippen LogP contribution in [-0.2, 0) is 0 Å². The summed E-state index contributed by atoms with van der Waals surface area (Å²) in [6, 6.07) is 12.4. The molecule has 2 N–H and O–H groups in total. The smallest absolute Gasteiger partial charge is 0.256 e. The zero-order chi connectivity index (χ0) is 15.7. The molecule has 3 rings (SSSR count). The molecule has 0 aliphatic carbocycles. The molecule has 0 unspecified atom stereocenters. The van der Waals surface area contributed by atoms with Crippen molar-refractivity contribution in [3.8, 4) is 0 Å². The van der Waals surface area contributed by atoms with Crippen LogP contribution in [0.4, 0.5) is 10.1 Å². The zero-order valence-electron chi connectivity index (χ0n) is 11.2. The number of carbonyl (C=O) groups is 1. The second kappa shape index (κ2) is 5.61. The van der Waals surface area contributed by atoms with Gasteiger partial charge in [-0.15, -0.1) is 0 Å². The van der Waals surface area contributed by atoms with E-state index in [4.69, 9.17) is 11.6 Å². The fourth-order valence-electron chi connectivity index (χ4n) is 2.18. The molecule has 22 heavy (non-hydrogen) atoms. The van der Waals surface area contributed by atoms with Crippen molar-refractivity contribution < 1.29 is 9.18 Å². The fourth-order valence-corrected chi connectivity index (χ4v) is 2.36. The van der Waals surface area contributed by atoms with E-state index >= 15 is 0 Å². The maximum atomic E-state index is 13.9. The lowest BCUT2D eigenvalue weighted by Gasteiger charge is -2.09. The average molecular weight is 317 g/mol. The third kappa shape index (κ3) is 2.58. The number of benzene rings is 2. The predicted octanol–water partition coefficient (Wildman–Crippen LogP) is 3.57. The lowest BCUT2D eigenvalue weighted by Crippen LogP contribution is -2.17. The van der Waals surface area contributed by atoms with Gasteiger partial charge in [-0.25, -0.2) is 4.39 Å². The van der Waals surface area contributed by atoms with Crippen molar-refractivity contribution in [3.63, 3.8) is 0 Å². The van der Waals surface area contributed by atoms with Crippen LogP contribution in [0.5, 0.6) is 0 Å². The number of amides is 1. The van der Waals surface area contributed by atoms with Gasteiger partial charge in [-0.1, -0.05) is 35.9 Å². The van der Waals surface area contributed by atoms with Crippen LogP contribution in [-0.4, -0.2) is 10.9 Å². The van der Waals surface area contributed by atoms with Gasteiger partial charge < -0.3 is 10.3 Å². The van der Waals surface area contributed by atoms with Crippen LogP contribution < -0.4 is 10.9 Å². The normalized spacial score (nSPS) is 10.6. The minimum atomic E-state index is -0.716. The predicted molar refractivity (Wildman–Crippen MR) is 83.9 cm³/mol. The topological polar surface area (TPSA) is 62.0 Å². The Balaban J connectivity index is 2.06. The van der Waals surface area contributed by atoms with Crippen molar-refractivity contribution in [2.75, 3.05) is 5.32 Å². The Morgan fingerprint density at radius 3 is 2.73 bits per heavy atom. The number of para-hydroxylation sites is 1. The largest absolute Gasteiger partial charge is 0.322 e. The first-order chi connectivity index (χ1) is 10.6. The fraction of sp³-hybridized carbons (Fsp3) is 0. The molecule has 4 nitrogen and oxygen atoms in total. The summed E-state index contributed by atoms with van der Waals surface area (Å²) in [5.74, 6) is -1.30. The van der Waals surface area contributed by atoms with Crippen LogP contribution in [0.1, 0.15) is 10.4 Å². The molecule has 1 amide bonds. The Labute approximate surface area is 129 Å². The monoisotopic (exact) mass is 316 g/mol. The first-order valence-electron chi connectivity index (χ1n) is 6.43. The van der Waals surface area contributed by atoms with Gasteiger partial charge in [0.15, 0.2) is 5.82 Å². The Hall–Kier alpha value is -2.66. The first kappa shape index (κ1) is 14.3. The molecule has 1 aromatic heterocycles. The summed E-state index contributed by atoms with van der Waals surface area (Å²) in [5.41, 5.74) is 0.253. The second-order valence-corrected chi connectivity index (χ2v) is 5.06. The van der Waals surface area contributed by atoms with Crippen LogP contribution in [0.25, 0.3) is 10.9 Å². The standard InChI is InChI=1S/C16H10ClFN2O2/c17-11-5-3-7-13(15(11)18)20-16(22)10-8-14(21)19-12-6-2-1-4-9(10)12/h1-8H,(H,19,21)(H,20,22). The van der Waals surface area contributed by atoms with Crippen LogP contribution in [0, 0.1) is 5.82 Å². The van der Waals surface area contributed by atoms with Gasteiger partial charge in [0.2, 0.25) is 5.56 Å². The first-order valence-corrected chi connectivity index (χ1v) is 6.81. The van der Waals surface area contributed by atoms with E-state index in [1.807, 2.05) is 0 Å². The quantitative estimate of drug-likeness (QED) is 0.759. The maximum Gasteiger partial charge on any atom is 0.256 e. The molecule has 0 saturated carbocycles. The minimum absolute atomic E-state index is 0.0399. The Morgan fingerprint density at radius 1 is 1.14 bits per heavy atom. The van der Waals surface area contributed by atoms with Crippen molar-refractivity contribution >= 4 is 34.1 Å². The van der Waals surface area contributed by atoms with Crippen molar-refractivity contribution in [2.45, 2.75) is 0 Å². The number of halogens is 2. The van der Waals surface area contributed by atoms with Crippen LogP contribution in [0.3, 0.4) is 0 Å². The number of aromatic amines is 1. The van der Waals surface area contributed by atoms with Gasteiger partial charge in [0.1, 0.15) is 0 Å². The van der Waals surface area contributed by atoms with Crippen molar-refractivity contribution in [1.29, 1.82) is 0 Å². The molecular formula is C16H10ClFN2O2. The molecule has 0 aliphatic heterocycles. The molecule has 6 heteroatoms. The summed E-state index contributed by atoms with van der Waals surface area (Å²) >= 11 is 5.68. The van der Waals surface area contributed by atoms with Gasteiger partial charge in [0, 0.05) is 17.0 Å².